The Kier molecular flexibility index (Phi) is 3.54. The number of carbonyl (C=O) groups excluding carboxylic acids is 1. The van der Waals surface area contributed by atoms with Crippen molar-refractivity contribution in [3.8, 4) is 0 Å². The molecule has 1 heterocycles. The third-order valence-corrected chi connectivity index (χ3v) is 4.91. The van der Waals surface area contributed by atoms with Gasteiger partial charge < -0.3 is 14.7 Å². The first-order valence-corrected chi connectivity index (χ1v) is 7.35. The zero-order chi connectivity index (χ0) is 14.3. The Morgan fingerprint density at radius 2 is 2.00 bits per heavy atom. The third-order valence-electron chi connectivity index (χ3n) is 4.91. The number of hydrogen-bond donors (Lipinski definition) is 1. The van der Waals surface area contributed by atoms with E-state index in [0.29, 0.717) is 6.54 Å². The van der Waals surface area contributed by atoms with Crippen molar-refractivity contribution in [2.75, 3.05) is 20.2 Å². The lowest BCUT2D eigenvalue weighted by Crippen LogP contribution is -2.43. The van der Waals surface area contributed by atoms with Gasteiger partial charge in [-0.1, -0.05) is 12.2 Å². The zero-order valence-electron chi connectivity index (χ0n) is 11.7. The van der Waals surface area contributed by atoms with Crippen molar-refractivity contribution in [2.45, 2.75) is 25.4 Å². The fourth-order valence-corrected chi connectivity index (χ4v) is 3.93. The molecule has 0 spiro atoms. The third kappa shape index (κ3) is 2.24. The second-order valence-corrected chi connectivity index (χ2v) is 6.19. The second kappa shape index (κ2) is 5.20. The number of hydrogen-bond acceptors (Lipinski definition) is 3. The van der Waals surface area contributed by atoms with Crippen molar-refractivity contribution in [1.29, 1.82) is 0 Å². The van der Waals surface area contributed by atoms with E-state index in [1.165, 1.54) is 0 Å². The maximum atomic E-state index is 12.6. The Balaban J connectivity index is 1.69. The smallest absolute Gasteiger partial charge is 0.307 e. The van der Waals surface area contributed by atoms with E-state index >= 15 is 0 Å². The molecular weight excluding hydrogens is 258 g/mol. The second-order valence-electron chi connectivity index (χ2n) is 6.19. The van der Waals surface area contributed by atoms with E-state index < -0.39 is 17.8 Å². The van der Waals surface area contributed by atoms with Gasteiger partial charge in [0, 0.05) is 20.2 Å². The molecule has 5 atom stereocenters. The van der Waals surface area contributed by atoms with Gasteiger partial charge in [0.15, 0.2) is 0 Å². The number of aliphatic carboxylic acids is 1. The zero-order valence-corrected chi connectivity index (χ0v) is 11.7. The highest BCUT2D eigenvalue weighted by Gasteiger charge is 2.52. The fourth-order valence-electron chi connectivity index (χ4n) is 3.93. The van der Waals surface area contributed by atoms with Gasteiger partial charge in [0.2, 0.25) is 5.91 Å². The molecule has 5 unspecified atom stereocenters. The van der Waals surface area contributed by atoms with Gasteiger partial charge in [-0.05, 0) is 31.1 Å². The van der Waals surface area contributed by atoms with Crippen LogP contribution < -0.4 is 0 Å². The Bertz CT molecular complexity index is 441. The highest BCUT2D eigenvalue weighted by atomic mass is 16.5. The molecule has 3 rings (SSSR count). The van der Waals surface area contributed by atoms with E-state index in [0.717, 1.165) is 25.9 Å². The molecule has 110 valence electrons. The van der Waals surface area contributed by atoms with Crippen LogP contribution in [0.2, 0.25) is 0 Å². The van der Waals surface area contributed by atoms with Gasteiger partial charge in [-0.2, -0.15) is 0 Å². The lowest BCUT2D eigenvalue weighted by Gasteiger charge is -2.29. The summed E-state index contributed by atoms with van der Waals surface area (Å²) in [4.78, 5) is 25.7. The Labute approximate surface area is 118 Å². The first-order valence-electron chi connectivity index (χ1n) is 7.35. The van der Waals surface area contributed by atoms with Crippen molar-refractivity contribution < 1.29 is 19.4 Å². The summed E-state index contributed by atoms with van der Waals surface area (Å²) < 4.78 is 5.55. The molecule has 0 aromatic carbocycles. The van der Waals surface area contributed by atoms with Crippen LogP contribution >= 0.6 is 0 Å². The van der Waals surface area contributed by atoms with E-state index in [2.05, 4.69) is 0 Å². The van der Waals surface area contributed by atoms with Crippen LogP contribution in [0.15, 0.2) is 12.2 Å². The molecule has 1 saturated heterocycles. The van der Waals surface area contributed by atoms with Crippen molar-refractivity contribution in [3.63, 3.8) is 0 Å². The standard InChI is InChI=1S/C15H21NO4/c1-16(8-11-3-2-6-20-11)14(17)12-9-4-5-10(7-9)13(12)15(18)19/h4-5,9-13H,2-3,6-8H2,1H3,(H,18,19). The SMILES string of the molecule is CN(CC1CCCO1)C(=O)C1C2C=CC(C2)C1C(=O)O. The first-order chi connectivity index (χ1) is 9.58. The summed E-state index contributed by atoms with van der Waals surface area (Å²) in [5, 5.41) is 9.39. The van der Waals surface area contributed by atoms with Crippen molar-refractivity contribution in [1.82, 2.24) is 4.90 Å². The number of amides is 1. The van der Waals surface area contributed by atoms with Crippen LogP contribution in [-0.4, -0.2) is 48.2 Å². The monoisotopic (exact) mass is 279 g/mol. The lowest BCUT2D eigenvalue weighted by molar-refractivity contribution is -0.151. The predicted molar refractivity (Wildman–Crippen MR) is 72.0 cm³/mol. The van der Waals surface area contributed by atoms with E-state index in [1.807, 2.05) is 12.2 Å². The summed E-state index contributed by atoms with van der Waals surface area (Å²) in [5.41, 5.74) is 0. The topological polar surface area (TPSA) is 66.8 Å². The minimum absolute atomic E-state index is 0.0302. The van der Waals surface area contributed by atoms with Crippen LogP contribution in [0.25, 0.3) is 0 Å². The Morgan fingerprint density at radius 3 is 2.60 bits per heavy atom. The van der Waals surface area contributed by atoms with E-state index in [1.54, 1.807) is 11.9 Å². The maximum Gasteiger partial charge on any atom is 0.307 e. The summed E-state index contributed by atoms with van der Waals surface area (Å²) in [7, 11) is 1.76. The molecule has 0 aromatic rings. The number of nitrogens with zero attached hydrogens (tertiary/aromatic N) is 1. The Morgan fingerprint density at radius 1 is 1.30 bits per heavy atom. The van der Waals surface area contributed by atoms with Crippen molar-refractivity contribution in [2.24, 2.45) is 23.7 Å². The molecule has 0 radical (unpaired) electrons. The van der Waals surface area contributed by atoms with E-state index in [9.17, 15) is 14.7 Å². The first kappa shape index (κ1) is 13.6. The summed E-state index contributed by atoms with van der Waals surface area (Å²) in [6, 6.07) is 0. The summed E-state index contributed by atoms with van der Waals surface area (Å²) in [5.74, 6) is -1.70. The number of rotatable bonds is 4. The molecule has 5 nitrogen and oxygen atoms in total. The van der Waals surface area contributed by atoms with Gasteiger partial charge in [-0.15, -0.1) is 0 Å². The number of ether oxygens (including phenoxy) is 1. The number of likely N-dealkylation sites (N-methyl/N-ethyl adjacent to an activating group) is 1. The van der Waals surface area contributed by atoms with Crippen LogP contribution in [0, 0.1) is 23.7 Å². The number of carboxylic acid groups (broad SMARTS) is 1. The van der Waals surface area contributed by atoms with Gasteiger partial charge >= 0.3 is 5.97 Å². The van der Waals surface area contributed by atoms with Gasteiger partial charge in [-0.3, -0.25) is 9.59 Å². The number of carboxylic acids is 1. The highest BCUT2D eigenvalue weighted by molar-refractivity contribution is 5.86. The normalized spacial score (nSPS) is 38.4. The summed E-state index contributed by atoms with van der Waals surface area (Å²) in [6.45, 7) is 1.34. The van der Waals surface area contributed by atoms with Gasteiger partial charge in [0.1, 0.15) is 0 Å². The Hall–Kier alpha value is -1.36. The number of fused-ring (bicyclic) bond motifs is 2. The molecule has 0 aromatic heterocycles. The van der Waals surface area contributed by atoms with Crippen molar-refractivity contribution in [3.05, 3.63) is 12.2 Å². The molecular formula is C15H21NO4. The summed E-state index contributed by atoms with van der Waals surface area (Å²) in [6.07, 6.45) is 6.93. The molecule has 1 N–H and O–H groups in total. The molecule has 1 aliphatic heterocycles. The molecule has 5 heteroatoms. The number of allylic oxidation sites excluding steroid dienone is 2. The number of carbonyl (C=O) groups is 2. The van der Waals surface area contributed by atoms with Crippen molar-refractivity contribution >= 4 is 11.9 Å². The van der Waals surface area contributed by atoms with Crippen LogP contribution in [0.5, 0.6) is 0 Å². The molecule has 1 amide bonds. The highest BCUT2D eigenvalue weighted by Crippen LogP contribution is 2.48. The maximum absolute atomic E-state index is 12.6. The largest absolute Gasteiger partial charge is 0.481 e. The fraction of sp³-hybridized carbons (Fsp3) is 0.733. The minimum Gasteiger partial charge on any atom is -0.481 e. The van der Waals surface area contributed by atoms with Crippen LogP contribution in [0.1, 0.15) is 19.3 Å². The molecule has 2 bridgehead atoms. The molecule has 20 heavy (non-hydrogen) atoms. The average molecular weight is 279 g/mol. The van der Waals surface area contributed by atoms with Crippen LogP contribution in [0.3, 0.4) is 0 Å². The average Bonchev–Trinajstić information content (AvgIpc) is 3.12. The quantitative estimate of drug-likeness (QED) is 0.784. The van der Waals surface area contributed by atoms with Crippen LogP contribution in [0.4, 0.5) is 0 Å². The van der Waals surface area contributed by atoms with Gasteiger partial charge in [0.05, 0.1) is 17.9 Å². The minimum atomic E-state index is -0.842. The molecule has 3 aliphatic rings. The predicted octanol–water partition coefficient (Wildman–Crippen LogP) is 1.15. The van der Waals surface area contributed by atoms with Gasteiger partial charge in [0.25, 0.3) is 0 Å². The summed E-state index contributed by atoms with van der Waals surface area (Å²) >= 11 is 0. The van der Waals surface area contributed by atoms with E-state index in [4.69, 9.17) is 4.74 Å². The molecule has 2 aliphatic carbocycles. The van der Waals surface area contributed by atoms with E-state index in [-0.39, 0.29) is 23.8 Å². The lowest BCUT2D eigenvalue weighted by atomic mass is 9.82. The van der Waals surface area contributed by atoms with Gasteiger partial charge in [-0.25, -0.2) is 0 Å². The molecule has 1 saturated carbocycles. The molecule has 2 fully saturated rings. The van der Waals surface area contributed by atoms with Crippen LogP contribution in [-0.2, 0) is 14.3 Å².